The average Bonchev–Trinajstić information content (AvgIpc) is 2.80. The molecule has 0 amide bonds. The number of para-hydroxylation sites is 2. The van der Waals surface area contributed by atoms with Gasteiger partial charge in [0.1, 0.15) is 11.5 Å². The number of anilines is 1. The van der Waals surface area contributed by atoms with E-state index in [9.17, 15) is 0 Å². The van der Waals surface area contributed by atoms with E-state index in [-0.39, 0.29) is 5.41 Å². The van der Waals surface area contributed by atoms with Crippen LogP contribution in [0.2, 0.25) is 0 Å². The Bertz CT molecular complexity index is 796. The molecule has 0 unspecified atom stereocenters. The summed E-state index contributed by atoms with van der Waals surface area (Å²) in [5, 5.41) is 0. The molecule has 4 rings (SSSR count). The van der Waals surface area contributed by atoms with Gasteiger partial charge in [0, 0.05) is 38.1 Å². The number of ether oxygens (including phenoxy) is 3. The van der Waals surface area contributed by atoms with Gasteiger partial charge in [-0.25, -0.2) is 0 Å². The first-order chi connectivity index (χ1) is 14.2. The first-order valence-electron chi connectivity index (χ1n) is 10.6. The molecule has 0 spiro atoms. The summed E-state index contributed by atoms with van der Waals surface area (Å²) >= 11 is 0. The summed E-state index contributed by atoms with van der Waals surface area (Å²) in [6.45, 7) is 6.81. The highest BCUT2D eigenvalue weighted by Crippen LogP contribution is 2.40. The standard InChI is InChI=1S/C24H32N2O3/c1-27-21-7-5-6-20(18-21)24(19-25-14-16-29-17-15-25)10-12-26(13-11-24)22-8-3-4-9-23(22)28-2/h3-9,18H,10-17,19H2,1-2H3. The van der Waals surface area contributed by atoms with Crippen LogP contribution in [0.3, 0.4) is 0 Å². The van der Waals surface area contributed by atoms with Gasteiger partial charge in [0.15, 0.2) is 0 Å². The lowest BCUT2D eigenvalue weighted by Gasteiger charge is -2.46. The summed E-state index contributed by atoms with van der Waals surface area (Å²) in [7, 11) is 3.50. The maximum absolute atomic E-state index is 5.61. The molecule has 5 heteroatoms. The molecule has 2 heterocycles. The Morgan fingerprint density at radius 1 is 0.897 bits per heavy atom. The topological polar surface area (TPSA) is 34.2 Å². The zero-order chi connectivity index (χ0) is 20.1. The molecule has 2 fully saturated rings. The van der Waals surface area contributed by atoms with Gasteiger partial charge in [0.05, 0.1) is 33.1 Å². The second-order valence-electron chi connectivity index (χ2n) is 8.06. The van der Waals surface area contributed by atoms with E-state index in [0.29, 0.717) is 0 Å². The van der Waals surface area contributed by atoms with Crippen LogP contribution in [0.25, 0.3) is 0 Å². The van der Waals surface area contributed by atoms with Crippen molar-refractivity contribution >= 4 is 5.69 Å². The molecule has 0 N–H and O–H groups in total. The summed E-state index contributed by atoms with van der Waals surface area (Å²) in [5.74, 6) is 1.89. The van der Waals surface area contributed by atoms with Gasteiger partial charge in [-0.15, -0.1) is 0 Å². The highest BCUT2D eigenvalue weighted by Gasteiger charge is 2.38. The van der Waals surface area contributed by atoms with Crippen LogP contribution in [0.5, 0.6) is 11.5 Å². The third-order valence-corrected chi connectivity index (χ3v) is 6.46. The van der Waals surface area contributed by atoms with Crippen molar-refractivity contribution in [3.05, 3.63) is 54.1 Å². The second kappa shape index (κ2) is 9.06. The first-order valence-corrected chi connectivity index (χ1v) is 10.6. The van der Waals surface area contributed by atoms with Gasteiger partial charge >= 0.3 is 0 Å². The molecule has 29 heavy (non-hydrogen) atoms. The summed E-state index contributed by atoms with van der Waals surface area (Å²) in [6, 6.07) is 17.0. The van der Waals surface area contributed by atoms with Gasteiger partial charge in [-0.1, -0.05) is 24.3 Å². The lowest BCUT2D eigenvalue weighted by molar-refractivity contribution is 0.0238. The Balaban J connectivity index is 1.58. The van der Waals surface area contributed by atoms with Crippen LogP contribution < -0.4 is 14.4 Å². The molecule has 0 bridgehead atoms. The summed E-state index contributed by atoms with van der Waals surface area (Å²) < 4.78 is 16.7. The molecule has 2 aromatic carbocycles. The van der Waals surface area contributed by atoms with Crippen molar-refractivity contribution in [2.45, 2.75) is 18.3 Å². The monoisotopic (exact) mass is 396 g/mol. The number of hydrogen-bond acceptors (Lipinski definition) is 5. The maximum Gasteiger partial charge on any atom is 0.142 e. The van der Waals surface area contributed by atoms with Crippen molar-refractivity contribution in [2.75, 3.05) is 65.1 Å². The van der Waals surface area contributed by atoms with E-state index in [0.717, 1.165) is 70.3 Å². The number of benzene rings is 2. The number of hydrogen-bond donors (Lipinski definition) is 0. The Labute approximate surface area is 174 Å². The van der Waals surface area contributed by atoms with Crippen LogP contribution >= 0.6 is 0 Å². The number of nitrogens with zero attached hydrogens (tertiary/aromatic N) is 2. The number of methoxy groups -OCH3 is 2. The van der Waals surface area contributed by atoms with Gasteiger partial charge < -0.3 is 19.1 Å². The van der Waals surface area contributed by atoms with E-state index in [4.69, 9.17) is 14.2 Å². The molecule has 0 aliphatic carbocycles. The van der Waals surface area contributed by atoms with Crippen LogP contribution in [0, 0.1) is 0 Å². The molecule has 0 atom stereocenters. The smallest absolute Gasteiger partial charge is 0.142 e. The number of morpholine rings is 1. The lowest BCUT2D eigenvalue weighted by Crippen LogP contribution is -2.51. The maximum atomic E-state index is 5.61. The molecule has 2 aromatic rings. The minimum Gasteiger partial charge on any atom is -0.497 e. The predicted octanol–water partition coefficient (Wildman–Crippen LogP) is 3.57. The van der Waals surface area contributed by atoms with Crippen molar-refractivity contribution in [2.24, 2.45) is 0 Å². The molecule has 2 saturated heterocycles. The zero-order valence-electron chi connectivity index (χ0n) is 17.6. The fourth-order valence-electron chi connectivity index (χ4n) is 4.75. The van der Waals surface area contributed by atoms with E-state index in [2.05, 4.69) is 40.1 Å². The van der Waals surface area contributed by atoms with E-state index < -0.39 is 0 Å². The van der Waals surface area contributed by atoms with E-state index in [1.54, 1.807) is 14.2 Å². The predicted molar refractivity (Wildman–Crippen MR) is 116 cm³/mol. The fraction of sp³-hybridized carbons (Fsp3) is 0.500. The normalized spacial score (nSPS) is 19.7. The molecular weight excluding hydrogens is 364 g/mol. The highest BCUT2D eigenvalue weighted by molar-refractivity contribution is 5.59. The SMILES string of the molecule is COc1cccc(C2(CN3CCOCC3)CCN(c3ccccc3OC)CC2)c1. The van der Waals surface area contributed by atoms with Crippen molar-refractivity contribution < 1.29 is 14.2 Å². The van der Waals surface area contributed by atoms with Crippen molar-refractivity contribution in [3.63, 3.8) is 0 Å². The van der Waals surface area contributed by atoms with Crippen LogP contribution in [0.1, 0.15) is 18.4 Å². The fourth-order valence-corrected chi connectivity index (χ4v) is 4.75. The Kier molecular flexibility index (Phi) is 6.26. The van der Waals surface area contributed by atoms with Gasteiger partial charge in [-0.05, 0) is 42.7 Å². The Morgan fingerprint density at radius 3 is 2.38 bits per heavy atom. The molecule has 0 radical (unpaired) electrons. The molecular formula is C24H32N2O3. The van der Waals surface area contributed by atoms with Gasteiger partial charge in [-0.3, -0.25) is 4.90 Å². The van der Waals surface area contributed by atoms with Crippen LogP contribution in [0.4, 0.5) is 5.69 Å². The molecule has 156 valence electrons. The van der Waals surface area contributed by atoms with Crippen LogP contribution in [0.15, 0.2) is 48.5 Å². The molecule has 2 aliphatic rings. The molecule has 5 nitrogen and oxygen atoms in total. The average molecular weight is 397 g/mol. The lowest BCUT2D eigenvalue weighted by atomic mass is 9.72. The van der Waals surface area contributed by atoms with Crippen molar-refractivity contribution in [1.29, 1.82) is 0 Å². The highest BCUT2D eigenvalue weighted by atomic mass is 16.5. The first kappa shape index (κ1) is 20.0. The largest absolute Gasteiger partial charge is 0.497 e. The third kappa shape index (κ3) is 4.36. The van der Waals surface area contributed by atoms with E-state index in [1.807, 2.05) is 18.2 Å². The summed E-state index contributed by atoms with van der Waals surface area (Å²) in [6.07, 6.45) is 2.21. The summed E-state index contributed by atoms with van der Waals surface area (Å²) in [5.41, 5.74) is 2.72. The quantitative estimate of drug-likeness (QED) is 0.746. The van der Waals surface area contributed by atoms with E-state index in [1.165, 1.54) is 11.3 Å². The van der Waals surface area contributed by atoms with Crippen LogP contribution in [-0.4, -0.2) is 65.1 Å². The third-order valence-electron chi connectivity index (χ3n) is 6.46. The minimum absolute atomic E-state index is 0.129. The van der Waals surface area contributed by atoms with Crippen molar-refractivity contribution in [3.8, 4) is 11.5 Å². The molecule has 0 aromatic heterocycles. The molecule has 0 saturated carbocycles. The van der Waals surface area contributed by atoms with Gasteiger partial charge in [0.2, 0.25) is 0 Å². The summed E-state index contributed by atoms with van der Waals surface area (Å²) in [4.78, 5) is 5.04. The number of rotatable bonds is 6. The van der Waals surface area contributed by atoms with E-state index >= 15 is 0 Å². The minimum atomic E-state index is 0.129. The molecule has 2 aliphatic heterocycles. The second-order valence-corrected chi connectivity index (χ2v) is 8.06. The van der Waals surface area contributed by atoms with Gasteiger partial charge in [-0.2, -0.15) is 0 Å². The Morgan fingerprint density at radius 2 is 1.66 bits per heavy atom. The van der Waals surface area contributed by atoms with Crippen LogP contribution in [-0.2, 0) is 10.2 Å². The zero-order valence-corrected chi connectivity index (χ0v) is 17.6. The number of piperidine rings is 1. The Hall–Kier alpha value is -2.24. The van der Waals surface area contributed by atoms with Gasteiger partial charge in [0.25, 0.3) is 0 Å². The van der Waals surface area contributed by atoms with Crippen molar-refractivity contribution in [1.82, 2.24) is 4.90 Å².